The van der Waals surface area contributed by atoms with Crippen LogP contribution in [0.3, 0.4) is 0 Å². The maximum absolute atomic E-state index is 3.90. The largest absolute Gasteiger partial charge is 0.0985 e. The SMILES string of the molecule is C=Cc1cccc(P(c2ccccc2)c2cccc(C=C)c2)c1. The van der Waals surface area contributed by atoms with Gasteiger partial charge in [-0.1, -0.05) is 92.0 Å². The summed E-state index contributed by atoms with van der Waals surface area (Å²) in [5, 5.41) is 4.03. The molecule has 0 saturated carbocycles. The molecule has 112 valence electrons. The summed E-state index contributed by atoms with van der Waals surface area (Å²) in [4.78, 5) is 0. The number of hydrogen-bond donors (Lipinski definition) is 0. The molecule has 0 nitrogen and oxygen atoms in total. The van der Waals surface area contributed by atoms with Crippen LogP contribution in [-0.2, 0) is 0 Å². The van der Waals surface area contributed by atoms with Crippen molar-refractivity contribution in [1.29, 1.82) is 0 Å². The predicted octanol–water partition coefficient (Wildman–Crippen LogP) is 4.73. The molecule has 0 aromatic heterocycles. The van der Waals surface area contributed by atoms with Crippen LogP contribution in [0, 0.1) is 0 Å². The highest BCUT2D eigenvalue weighted by molar-refractivity contribution is 7.79. The molecular weight excluding hydrogens is 295 g/mol. The highest BCUT2D eigenvalue weighted by atomic mass is 31.1. The first-order valence-corrected chi connectivity index (χ1v) is 8.96. The molecule has 0 heterocycles. The van der Waals surface area contributed by atoms with Crippen molar-refractivity contribution in [3.05, 3.63) is 103 Å². The Morgan fingerprint density at radius 2 is 1.04 bits per heavy atom. The summed E-state index contributed by atoms with van der Waals surface area (Å²) in [6, 6.07) is 28.0. The van der Waals surface area contributed by atoms with Gasteiger partial charge in [0.05, 0.1) is 0 Å². The average Bonchev–Trinajstić information content (AvgIpc) is 2.63. The number of rotatable bonds is 5. The van der Waals surface area contributed by atoms with Crippen molar-refractivity contribution >= 4 is 36.0 Å². The van der Waals surface area contributed by atoms with E-state index >= 15 is 0 Å². The summed E-state index contributed by atoms with van der Waals surface area (Å²) in [5.41, 5.74) is 2.32. The van der Waals surface area contributed by atoms with Crippen LogP contribution >= 0.6 is 7.92 Å². The van der Waals surface area contributed by atoms with Crippen molar-refractivity contribution in [2.45, 2.75) is 0 Å². The summed E-state index contributed by atoms with van der Waals surface area (Å²) in [6.07, 6.45) is 3.81. The molecule has 3 rings (SSSR count). The van der Waals surface area contributed by atoms with E-state index < -0.39 is 7.92 Å². The molecule has 0 aliphatic rings. The van der Waals surface area contributed by atoms with E-state index in [9.17, 15) is 0 Å². The minimum absolute atomic E-state index is 0.585. The van der Waals surface area contributed by atoms with Crippen molar-refractivity contribution in [1.82, 2.24) is 0 Å². The zero-order valence-corrected chi connectivity index (χ0v) is 13.9. The van der Waals surface area contributed by atoms with Crippen LogP contribution in [0.15, 0.2) is 92.0 Å². The van der Waals surface area contributed by atoms with E-state index in [1.165, 1.54) is 15.9 Å². The van der Waals surface area contributed by atoms with Gasteiger partial charge in [0.25, 0.3) is 0 Å². The Balaban J connectivity index is 2.17. The number of hydrogen-bond acceptors (Lipinski definition) is 0. The fourth-order valence-corrected chi connectivity index (χ4v) is 5.00. The van der Waals surface area contributed by atoms with E-state index in [0.29, 0.717) is 0 Å². The molecule has 0 unspecified atom stereocenters. The van der Waals surface area contributed by atoms with Gasteiger partial charge in [-0.05, 0) is 47.1 Å². The monoisotopic (exact) mass is 314 g/mol. The van der Waals surface area contributed by atoms with E-state index in [-0.39, 0.29) is 0 Å². The Morgan fingerprint density at radius 1 is 0.565 bits per heavy atom. The topological polar surface area (TPSA) is 0 Å². The quantitative estimate of drug-likeness (QED) is 0.597. The maximum atomic E-state index is 3.90. The molecule has 0 N–H and O–H groups in total. The molecule has 0 spiro atoms. The van der Waals surface area contributed by atoms with Gasteiger partial charge in [-0.25, -0.2) is 0 Å². The van der Waals surface area contributed by atoms with Gasteiger partial charge in [0.15, 0.2) is 0 Å². The van der Waals surface area contributed by atoms with Gasteiger partial charge < -0.3 is 0 Å². The Labute approximate surface area is 139 Å². The molecule has 1 heteroatoms. The van der Waals surface area contributed by atoms with Gasteiger partial charge in [0.2, 0.25) is 0 Å². The third kappa shape index (κ3) is 3.50. The molecule has 0 aliphatic heterocycles. The summed E-state index contributed by atoms with van der Waals surface area (Å²) >= 11 is 0. The zero-order chi connectivity index (χ0) is 16.1. The summed E-state index contributed by atoms with van der Waals surface area (Å²) in [5.74, 6) is 0. The van der Waals surface area contributed by atoms with Gasteiger partial charge >= 0.3 is 0 Å². The van der Waals surface area contributed by atoms with E-state index in [4.69, 9.17) is 0 Å². The van der Waals surface area contributed by atoms with E-state index in [2.05, 4.69) is 92.0 Å². The fraction of sp³-hybridized carbons (Fsp3) is 0. The van der Waals surface area contributed by atoms with Crippen LogP contribution in [0.4, 0.5) is 0 Å². The highest BCUT2D eigenvalue weighted by Crippen LogP contribution is 2.33. The summed E-state index contributed by atoms with van der Waals surface area (Å²) in [6.45, 7) is 7.80. The van der Waals surface area contributed by atoms with Gasteiger partial charge in [-0.15, -0.1) is 0 Å². The van der Waals surface area contributed by atoms with E-state index in [0.717, 1.165) is 11.1 Å². The molecule has 0 atom stereocenters. The molecule has 0 saturated heterocycles. The minimum Gasteiger partial charge on any atom is -0.0985 e. The second-order valence-corrected chi connectivity index (χ2v) is 7.49. The Kier molecular flexibility index (Phi) is 4.86. The maximum Gasteiger partial charge on any atom is -0.0134 e. The van der Waals surface area contributed by atoms with Crippen LogP contribution < -0.4 is 15.9 Å². The van der Waals surface area contributed by atoms with Crippen LogP contribution in [-0.4, -0.2) is 0 Å². The van der Waals surface area contributed by atoms with Crippen molar-refractivity contribution in [2.24, 2.45) is 0 Å². The third-order valence-corrected chi connectivity index (χ3v) is 6.15. The van der Waals surface area contributed by atoms with Crippen molar-refractivity contribution in [3.63, 3.8) is 0 Å². The van der Waals surface area contributed by atoms with Crippen molar-refractivity contribution < 1.29 is 0 Å². The summed E-state index contributed by atoms with van der Waals surface area (Å²) in [7, 11) is -0.585. The van der Waals surface area contributed by atoms with Gasteiger partial charge in [-0.2, -0.15) is 0 Å². The lowest BCUT2D eigenvalue weighted by Crippen LogP contribution is -2.20. The second-order valence-electron chi connectivity index (χ2n) is 5.27. The lowest BCUT2D eigenvalue weighted by Gasteiger charge is -2.20. The molecule has 23 heavy (non-hydrogen) atoms. The first-order chi connectivity index (χ1) is 11.3. The first-order valence-electron chi connectivity index (χ1n) is 7.62. The normalized spacial score (nSPS) is 10.5. The van der Waals surface area contributed by atoms with Crippen molar-refractivity contribution in [2.75, 3.05) is 0 Å². The summed E-state index contributed by atoms with van der Waals surface area (Å²) < 4.78 is 0. The molecule has 3 aromatic carbocycles. The third-order valence-electron chi connectivity index (χ3n) is 3.74. The fourth-order valence-electron chi connectivity index (χ4n) is 2.61. The first kappa shape index (κ1) is 15.5. The van der Waals surface area contributed by atoms with Gasteiger partial charge in [0, 0.05) is 0 Å². The van der Waals surface area contributed by atoms with Crippen LogP contribution in [0.1, 0.15) is 11.1 Å². The number of benzene rings is 3. The smallest absolute Gasteiger partial charge is 0.0134 e. The predicted molar refractivity (Wildman–Crippen MR) is 105 cm³/mol. The lowest BCUT2D eigenvalue weighted by atomic mass is 10.2. The van der Waals surface area contributed by atoms with Gasteiger partial charge in [-0.3, -0.25) is 0 Å². The average molecular weight is 314 g/mol. The molecule has 0 bridgehead atoms. The van der Waals surface area contributed by atoms with Crippen LogP contribution in [0.25, 0.3) is 12.2 Å². The van der Waals surface area contributed by atoms with Crippen LogP contribution in [0.5, 0.6) is 0 Å². The van der Waals surface area contributed by atoms with Crippen molar-refractivity contribution in [3.8, 4) is 0 Å². The minimum atomic E-state index is -0.585. The van der Waals surface area contributed by atoms with E-state index in [1.807, 2.05) is 12.2 Å². The Morgan fingerprint density at radius 3 is 1.52 bits per heavy atom. The second kappa shape index (κ2) is 7.22. The lowest BCUT2D eigenvalue weighted by molar-refractivity contribution is 1.69. The molecule has 0 aliphatic carbocycles. The molecule has 0 fully saturated rings. The molecule has 0 radical (unpaired) electrons. The highest BCUT2D eigenvalue weighted by Gasteiger charge is 2.16. The Hall–Kier alpha value is -2.43. The van der Waals surface area contributed by atoms with Gasteiger partial charge in [0.1, 0.15) is 0 Å². The Bertz CT molecular complexity index is 767. The standard InChI is InChI=1S/C22H19P/c1-3-18-10-8-14-21(16-18)23(20-12-6-5-7-13-20)22-15-9-11-19(4-2)17-22/h3-17H,1-2H2. The zero-order valence-electron chi connectivity index (χ0n) is 13.0. The molecule has 0 amide bonds. The molecule has 3 aromatic rings. The van der Waals surface area contributed by atoms with Crippen LogP contribution in [0.2, 0.25) is 0 Å². The molecular formula is C22H19P. The van der Waals surface area contributed by atoms with E-state index in [1.54, 1.807) is 0 Å².